The molecule has 0 unspecified atom stereocenters. The highest BCUT2D eigenvalue weighted by molar-refractivity contribution is 7.99. The van der Waals surface area contributed by atoms with Gasteiger partial charge in [-0.25, -0.2) is 0 Å². The molecule has 0 aromatic heterocycles. The Bertz CT molecular complexity index is 220. The molecule has 0 amide bonds. The number of hydrogen-bond donors (Lipinski definition) is 2. The van der Waals surface area contributed by atoms with Crippen molar-refractivity contribution >= 4 is 11.8 Å². The fourth-order valence-corrected chi connectivity index (χ4v) is 4.18. The zero-order chi connectivity index (χ0) is 11.5. The largest absolute Gasteiger partial charge is 0.317 e. The highest BCUT2D eigenvalue weighted by Gasteiger charge is 2.40. The molecule has 1 saturated heterocycles. The summed E-state index contributed by atoms with van der Waals surface area (Å²) in [5.74, 6) is 3.42. The lowest BCUT2D eigenvalue weighted by Crippen LogP contribution is -2.35. The first-order valence-electron chi connectivity index (χ1n) is 7.49. The van der Waals surface area contributed by atoms with Gasteiger partial charge in [0.15, 0.2) is 0 Å². The van der Waals surface area contributed by atoms with Crippen LogP contribution in [0.5, 0.6) is 0 Å². The minimum absolute atomic E-state index is 0.892. The maximum Gasteiger partial charge on any atom is 0.0124 e. The standard InChI is InChI=1S/C14H26N2S/c1-2-11(1)14(12-3-4-12)16-9-10-17-13-5-7-15-8-6-13/h11-16H,1-10H2. The van der Waals surface area contributed by atoms with Crippen LogP contribution in [0.3, 0.4) is 0 Å². The first-order valence-corrected chi connectivity index (χ1v) is 8.54. The van der Waals surface area contributed by atoms with Gasteiger partial charge in [-0.3, -0.25) is 0 Å². The fraction of sp³-hybridized carbons (Fsp3) is 1.00. The van der Waals surface area contributed by atoms with E-state index >= 15 is 0 Å². The van der Waals surface area contributed by atoms with E-state index in [0.717, 1.165) is 23.1 Å². The zero-order valence-electron chi connectivity index (χ0n) is 10.8. The Labute approximate surface area is 110 Å². The van der Waals surface area contributed by atoms with Gasteiger partial charge >= 0.3 is 0 Å². The molecule has 0 atom stereocenters. The number of piperidine rings is 1. The second kappa shape index (κ2) is 5.94. The van der Waals surface area contributed by atoms with Crippen LogP contribution in [0, 0.1) is 11.8 Å². The first kappa shape index (κ1) is 12.3. The molecule has 3 rings (SSSR count). The molecule has 1 heterocycles. The van der Waals surface area contributed by atoms with Gasteiger partial charge in [0.1, 0.15) is 0 Å². The Morgan fingerprint density at radius 3 is 2.24 bits per heavy atom. The van der Waals surface area contributed by atoms with E-state index in [1.165, 1.54) is 63.9 Å². The summed E-state index contributed by atoms with van der Waals surface area (Å²) in [6.07, 6.45) is 8.73. The molecule has 2 N–H and O–H groups in total. The summed E-state index contributed by atoms with van der Waals surface area (Å²) < 4.78 is 0. The quantitative estimate of drug-likeness (QED) is 0.682. The molecule has 17 heavy (non-hydrogen) atoms. The van der Waals surface area contributed by atoms with Gasteiger partial charge < -0.3 is 10.6 Å². The maximum atomic E-state index is 3.85. The summed E-state index contributed by atoms with van der Waals surface area (Å²) in [7, 11) is 0. The fourth-order valence-electron chi connectivity index (χ4n) is 3.04. The van der Waals surface area contributed by atoms with Crippen LogP contribution in [0.1, 0.15) is 38.5 Å². The van der Waals surface area contributed by atoms with Crippen LogP contribution in [-0.2, 0) is 0 Å². The lowest BCUT2D eigenvalue weighted by Gasteiger charge is -2.23. The van der Waals surface area contributed by atoms with Crippen LogP contribution >= 0.6 is 11.8 Å². The lowest BCUT2D eigenvalue weighted by atomic mass is 10.1. The van der Waals surface area contributed by atoms with Crippen molar-refractivity contribution in [1.29, 1.82) is 0 Å². The van der Waals surface area contributed by atoms with Crippen LogP contribution in [0.4, 0.5) is 0 Å². The Morgan fingerprint density at radius 1 is 1.00 bits per heavy atom. The Hall–Kier alpha value is 0.270. The number of thioether (sulfide) groups is 1. The monoisotopic (exact) mass is 254 g/mol. The molecule has 3 aliphatic rings. The SMILES string of the molecule is C1CC(SCCNC(C2CC2)C2CC2)CCN1. The van der Waals surface area contributed by atoms with Crippen molar-refractivity contribution in [2.45, 2.75) is 49.8 Å². The predicted octanol–water partition coefficient (Wildman–Crippen LogP) is 2.25. The smallest absolute Gasteiger partial charge is 0.0124 e. The summed E-state index contributed by atoms with van der Waals surface area (Å²) in [6.45, 7) is 3.71. The molecule has 2 nitrogen and oxygen atoms in total. The Morgan fingerprint density at radius 2 is 1.65 bits per heavy atom. The van der Waals surface area contributed by atoms with Crippen LogP contribution in [-0.4, -0.2) is 36.7 Å². The highest BCUT2D eigenvalue weighted by atomic mass is 32.2. The normalized spacial score (nSPS) is 26.6. The molecule has 0 bridgehead atoms. The Kier molecular flexibility index (Phi) is 4.30. The van der Waals surface area contributed by atoms with Crippen molar-refractivity contribution in [3.8, 4) is 0 Å². The molecule has 2 aliphatic carbocycles. The van der Waals surface area contributed by atoms with Gasteiger partial charge in [0.05, 0.1) is 0 Å². The molecular formula is C14H26N2S. The Balaban J connectivity index is 1.28. The van der Waals surface area contributed by atoms with Gasteiger partial charge in [-0.15, -0.1) is 0 Å². The van der Waals surface area contributed by atoms with E-state index < -0.39 is 0 Å². The molecule has 98 valence electrons. The van der Waals surface area contributed by atoms with Gasteiger partial charge in [0.25, 0.3) is 0 Å². The second-order valence-corrected chi connectivity index (χ2v) is 7.38. The second-order valence-electron chi connectivity index (χ2n) is 5.97. The van der Waals surface area contributed by atoms with Gasteiger partial charge in [0.2, 0.25) is 0 Å². The summed E-state index contributed by atoms with van der Waals surface area (Å²) in [4.78, 5) is 0. The van der Waals surface area contributed by atoms with E-state index in [1.54, 1.807) is 0 Å². The van der Waals surface area contributed by atoms with Crippen molar-refractivity contribution in [3.05, 3.63) is 0 Å². The predicted molar refractivity (Wildman–Crippen MR) is 75.6 cm³/mol. The number of nitrogens with one attached hydrogen (secondary N) is 2. The minimum atomic E-state index is 0.892. The first-order chi connectivity index (χ1) is 8.43. The molecule has 3 heteroatoms. The van der Waals surface area contributed by atoms with E-state index in [4.69, 9.17) is 0 Å². The average Bonchev–Trinajstić information content (AvgIpc) is 3.24. The van der Waals surface area contributed by atoms with Crippen molar-refractivity contribution in [1.82, 2.24) is 10.6 Å². The third-order valence-corrected chi connectivity index (χ3v) is 5.76. The van der Waals surface area contributed by atoms with Crippen molar-refractivity contribution in [3.63, 3.8) is 0 Å². The number of hydrogen-bond acceptors (Lipinski definition) is 3. The van der Waals surface area contributed by atoms with Crippen molar-refractivity contribution in [2.24, 2.45) is 11.8 Å². The van der Waals surface area contributed by atoms with E-state index in [2.05, 4.69) is 22.4 Å². The molecule has 2 saturated carbocycles. The lowest BCUT2D eigenvalue weighted by molar-refractivity contribution is 0.429. The van der Waals surface area contributed by atoms with Gasteiger partial charge in [-0.05, 0) is 63.5 Å². The third kappa shape index (κ3) is 3.87. The summed E-state index contributed by atoms with van der Waals surface area (Å²) in [5, 5.41) is 8.22. The molecule has 3 fully saturated rings. The van der Waals surface area contributed by atoms with Gasteiger partial charge in [-0.1, -0.05) is 0 Å². The number of rotatable bonds is 7. The summed E-state index contributed by atoms with van der Waals surface area (Å²) in [5.41, 5.74) is 0. The van der Waals surface area contributed by atoms with Gasteiger partial charge in [-0.2, -0.15) is 11.8 Å². The van der Waals surface area contributed by atoms with Gasteiger partial charge in [0, 0.05) is 23.6 Å². The minimum Gasteiger partial charge on any atom is -0.317 e. The van der Waals surface area contributed by atoms with Crippen molar-refractivity contribution in [2.75, 3.05) is 25.4 Å². The third-order valence-electron chi connectivity index (χ3n) is 4.38. The molecule has 0 spiro atoms. The zero-order valence-corrected chi connectivity index (χ0v) is 11.6. The van der Waals surface area contributed by atoms with E-state index in [9.17, 15) is 0 Å². The van der Waals surface area contributed by atoms with E-state index in [-0.39, 0.29) is 0 Å². The van der Waals surface area contributed by atoms with E-state index in [0.29, 0.717) is 0 Å². The van der Waals surface area contributed by atoms with Crippen molar-refractivity contribution < 1.29 is 0 Å². The average molecular weight is 254 g/mol. The van der Waals surface area contributed by atoms with Crippen LogP contribution in [0.25, 0.3) is 0 Å². The molecule has 0 aromatic carbocycles. The molecule has 1 aliphatic heterocycles. The topological polar surface area (TPSA) is 24.1 Å². The van der Waals surface area contributed by atoms with Crippen LogP contribution < -0.4 is 10.6 Å². The highest BCUT2D eigenvalue weighted by Crippen LogP contribution is 2.44. The molecular weight excluding hydrogens is 228 g/mol. The van der Waals surface area contributed by atoms with Crippen LogP contribution in [0.15, 0.2) is 0 Å². The molecule has 0 aromatic rings. The maximum absolute atomic E-state index is 3.85. The summed E-state index contributed by atoms with van der Waals surface area (Å²) in [6, 6.07) is 0.892. The summed E-state index contributed by atoms with van der Waals surface area (Å²) >= 11 is 2.20. The molecule has 0 radical (unpaired) electrons. The van der Waals surface area contributed by atoms with E-state index in [1.807, 2.05) is 0 Å². The van der Waals surface area contributed by atoms with Crippen LogP contribution in [0.2, 0.25) is 0 Å².